The molecule has 3 aliphatic heterocycles. The van der Waals surface area contributed by atoms with Crippen molar-refractivity contribution in [2.24, 2.45) is 5.41 Å². The predicted molar refractivity (Wildman–Crippen MR) is 115 cm³/mol. The summed E-state index contributed by atoms with van der Waals surface area (Å²) in [6.45, 7) is 7.32. The number of nitrogens with zero attached hydrogens (tertiary/aromatic N) is 2. The number of anilines is 1. The van der Waals surface area contributed by atoms with Crippen LogP contribution in [0.1, 0.15) is 39.2 Å². The Hall–Kier alpha value is -2.05. The molecule has 6 nitrogen and oxygen atoms in total. The number of benzene rings is 1. The minimum atomic E-state index is -1.23. The van der Waals surface area contributed by atoms with E-state index >= 15 is 0 Å². The van der Waals surface area contributed by atoms with Crippen LogP contribution >= 0.6 is 0 Å². The van der Waals surface area contributed by atoms with Gasteiger partial charge in [0.05, 0.1) is 13.2 Å². The van der Waals surface area contributed by atoms with Gasteiger partial charge in [-0.05, 0) is 37.9 Å². The molecule has 1 N–H and O–H groups in total. The monoisotopic (exact) mass is 412 g/mol. The lowest BCUT2D eigenvalue weighted by molar-refractivity contribution is -0.213. The molecule has 4 aliphatic rings. The first-order valence-electron chi connectivity index (χ1n) is 11.0. The van der Waals surface area contributed by atoms with Crippen molar-refractivity contribution >= 4 is 11.7 Å². The number of hydrogen-bond acceptors (Lipinski definition) is 6. The van der Waals surface area contributed by atoms with Crippen molar-refractivity contribution in [1.29, 1.82) is 0 Å². The molecule has 0 aromatic heterocycles. The number of rotatable bonds is 3. The highest BCUT2D eigenvalue weighted by Crippen LogP contribution is 2.67. The maximum Gasteiger partial charge on any atom is 0.303 e. The summed E-state index contributed by atoms with van der Waals surface area (Å²) < 4.78 is 11.5. The van der Waals surface area contributed by atoms with E-state index < -0.39 is 17.1 Å². The maximum atomic E-state index is 12.2. The van der Waals surface area contributed by atoms with Crippen LogP contribution in [0.3, 0.4) is 0 Å². The van der Waals surface area contributed by atoms with Crippen molar-refractivity contribution in [3.63, 3.8) is 0 Å². The van der Waals surface area contributed by atoms with Crippen molar-refractivity contribution < 1.29 is 19.4 Å². The molecular weight excluding hydrogens is 380 g/mol. The zero-order valence-electron chi connectivity index (χ0n) is 18.5. The molecule has 5 rings (SSSR count). The Balaban J connectivity index is 1.81. The number of methoxy groups -OCH3 is 1. The smallest absolute Gasteiger partial charge is 0.303 e. The summed E-state index contributed by atoms with van der Waals surface area (Å²) in [7, 11) is 3.73. The number of ether oxygens (including phenoxy) is 2. The number of carbonyl (C=O) groups is 1. The largest absolute Gasteiger partial charge is 0.497 e. The molecule has 1 aromatic carbocycles. The number of aliphatic hydroxyl groups is 1. The second kappa shape index (κ2) is 6.24. The summed E-state index contributed by atoms with van der Waals surface area (Å²) in [5.41, 5.74) is 0.471. The number of esters is 1. The van der Waals surface area contributed by atoms with E-state index in [4.69, 9.17) is 9.47 Å². The van der Waals surface area contributed by atoms with Gasteiger partial charge in [-0.1, -0.05) is 25.1 Å². The highest BCUT2D eigenvalue weighted by atomic mass is 16.6. The number of carbonyl (C=O) groups excluding carboxylic acids is 1. The van der Waals surface area contributed by atoms with Gasteiger partial charge in [-0.3, -0.25) is 9.69 Å². The molecule has 0 radical (unpaired) electrons. The van der Waals surface area contributed by atoms with Crippen LogP contribution in [0.15, 0.2) is 30.4 Å². The van der Waals surface area contributed by atoms with Crippen LogP contribution in [-0.4, -0.2) is 67.0 Å². The van der Waals surface area contributed by atoms with Crippen molar-refractivity contribution in [1.82, 2.24) is 4.90 Å². The molecule has 30 heavy (non-hydrogen) atoms. The molecule has 6 atom stereocenters. The van der Waals surface area contributed by atoms with E-state index in [1.54, 1.807) is 7.11 Å². The van der Waals surface area contributed by atoms with E-state index in [1.807, 2.05) is 13.0 Å². The third-order valence-electron chi connectivity index (χ3n) is 8.37. The predicted octanol–water partition coefficient (Wildman–Crippen LogP) is 2.49. The zero-order chi connectivity index (χ0) is 21.5. The third kappa shape index (κ3) is 2.14. The van der Waals surface area contributed by atoms with E-state index in [0.29, 0.717) is 0 Å². The topological polar surface area (TPSA) is 62.2 Å². The summed E-state index contributed by atoms with van der Waals surface area (Å²) in [4.78, 5) is 16.9. The fourth-order valence-corrected chi connectivity index (χ4v) is 7.68. The zero-order valence-corrected chi connectivity index (χ0v) is 18.5. The summed E-state index contributed by atoms with van der Waals surface area (Å²) in [5.74, 6) is 0.468. The Morgan fingerprint density at radius 2 is 2.10 bits per heavy atom. The van der Waals surface area contributed by atoms with Crippen molar-refractivity contribution in [2.45, 2.75) is 62.8 Å². The van der Waals surface area contributed by atoms with Gasteiger partial charge in [-0.15, -0.1) is 0 Å². The van der Waals surface area contributed by atoms with E-state index in [2.05, 4.69) is 48.1 Å². The maximum absolute atomic E-state index is 12.2. The quantitative estimate of drug-likeness (QED) is 0.608. The van der Waals surface area contributed by atoms with Crippen LogP contribution in [-0.2, 0) is 14.9 Å². The van der Waals surface area contributed by atoms with Gasteiger partial charge in [0.2, 0.25) is 0 Å². The Morgan fingerprint density at radius 1 is 1.33 bits per heavy atom. The van der Waals surface area contributed by atoms with Gasteiger partial charge in [-0.2, -0.15) is 0 Å². The lowest BCUT2D eigenvalue weighted by atomic mass is 9.48. The lowest BCUT2D eigenvalue weighted by Gasteiger charge is -2.64. The summed E-state index contributed by atoms with van der Waals surface area (Å²) >= 11 is 0. The Kier molecular flexibility index (Phi) is 4.13. The summed E-state index contributed by atoms with van der Waals surface area (Å²) in [5, 5.41) is 12.2. The standard InChI is InChI=1S/C24H32N2O4/c1-6-23-10-7-12-26-13-11-24(20(23)26)17-9-8-16(29-5)14-18(17)25(4)19(24)22(3,28)21(23)30-15(2)27/h7-10,14,19-21,28H,6,11-13H2,1-5H3/t19-,20-,21-,22-,23+,24-/m0/s1. The Morgan fingerprint density at radius 3 is 2.77 bits per heavy atom. The van der Waals surface area contributed by atoms with Crippen LogP contribution in [0.25, 0.3) is 0 Å². The van der Waals surface area contributed by atoms with Crippen LogP contribution in [0.2, 0.25) is 0 Å². The summed E-state index contributed by atoms with van der Waals surface area (Å²) in [6.07, 6.45) is 5.58. The van der Waals surface area contributed by atoms with E-state index in [-0.39, 0.29) is 23.5 Å². The minimum Gasteiger partial charge on any atom is -0.497 e. The minimum absolute atomic E-state index is 0.159. The van der Waals surface area contributed by atoms with Crippen LogP contribution in [0.4, 0.5) is 5.69 Å². The average molecular weight is 413 g/mol. The van der Waals surface area contributed by atoms with E-state index in [0.717, 1.165) is 37.4 Å². The van der Waals surface area contributed by atoms with Gasteiger partial charge in [-0.25, -0.2) is 0 Å². The molecule has 3 heterocycles. The third-order valence-corrected chi connectivity index (χ3v) is 8.37. The highest BCUT2D eigenvalue weighted by molar-refractivity contribution is 5.71. The van der Waals surface area contributed by atoms with Crippen LogP contribution < -0.4 is 9.64 Å². The first-order chi connectivity index (χ1) is 14.2. The second-order valence-electron chi connectivity index (χ2n) is 9.67. The molecule has 1 saturated heterocycles. The van der Waals surface area contributed by atoms with Crippen LogP contribution in [0, 0.1) is 5.41 Å². The molecule has 0 unspecified atom stereocenters. The normalized spacial score (nSPS) is 41.3. The highest BCUT2D eigenvalue weighted by Gasteiger charge is 2.76. The van der Waals surface area contributed by atoms with Gasteiger partial charge in [0.25, 0.3) is 0 Å². The molecule has 162 valence electrons. The van der Waals surface area contributed by atoms with Crippen molar-refractivity contribution in [2.75, 3.05) is 32.1 Å². The molecule has 1 aromatic rings. The van der Waals surface area contributed by atoms with Gasteiger partial charge >= 0.3 is 5.97 Å². The number of fused-ring (bicyclic) bond motifs is 1. The first-order valence-corrected chi connectivity index (χ1v) is 11.0. The summed E-state index contributed by atoms with van der Waals surface area (Å²) in [6, 6.07) is 6.26. The van der Waals surface area contributed by atoms with Gasteiger partial charge in [0, 0.05) is 49.1 Å². The van der Waals surface area contributed by atoms with E-state index in [9.17, 15) is 9.90 Å². The molecule has 0 bridgehead atoms. The average Bonchev–Trinajstić information content (AvgIpc) is 3.22. The molecule has 2 fully saturated rings. The van der Waals surface area contributed by atoms with E-state index in [1.165, 1.54) is 12.5 Å². The molecule has 1 saturated carbocycles. The van der Waals surface area contributed by atoms with Gasteiger partial charge in [0.1, 0.15) is 17.5 Å². The number of likely N-dealkylation sites (N-methyl/N-ethyl adjacent to an activating group) is 1. The van der Waals surface area contributed by atoms with Crippen molar-refractivity contribution in [3.05, 3.63) is 35.9 Å². The second-order valence-corrected chi connectivity index (χ2v) is 9.67. The Labute approximate surface area is 178 Å². The van der Waals surface area contributed by atoms with Crippen LogP contribution in [0.5, 0.6) is 5.75 Å². The Bertz CT molecular complexity index is 928. The fourth-order valence-electron chi connectivity index (χ4n) is 7.68. The molecule has 1 aliphatic carbocycles. The lowest BCUT2D eigenvalue weighted by Crippen LogP contribution is -2.78. The first kappa shape index (κ1) is 19.9. The van der Waals surface area contributed by atoms with Gasteiger partial charge in [0.15, 0.2) is 0 Å². The molecule has 1 spiro atoms. The number of hydrogen-bond donors (Lipinski definition) is 1. The van der Waals surface area contributed by atoms with Crippen molar-refractivity contribution in [3.8, 4) is 5.75 Å². The molecule has 0 amide bonds. The van der Waals surface area contributed by atoms with Gasteiger partial charge < -0.3 is 19.5 Å². The SMILES string of the molecule is CC[C@]12C=CCN3CC[C@@]4(c5ccc(OC)cc5N(C)[C@H]4[C@](C)(O)[C@@H]1OC(C)=O)[C@@H]32. The molecular formula is C24H32N2O4. The molecule has 6 heteroatoms. The fraction of sp³-hybridized carbons (Fsp3) is 0.625.